The summed E-state index contributed by atoms with van der Waals surface area (Å²) in [4.78, 5) is 33.1. The van der Waals surface area contributed by atoms with Crippen LogP contribution < -0.4 is 10.7 Å². The fourth-order valence-electron chi connectivity index (χ4n) is 1.60. The van der Waals surface area contributed by atoms with Crippen molar-refractivity contribution in [3.63, 3.8) is 0 Å². The minimum atomic E-state index is -0.629. The maximum absolute atomic E-state index is 11.9. The van der Waals surface area contributed by atoms with Crippen LogP contribution in [0.2, 0.25) is 5.02 Å². The molecular weight excluding hydrogens is 288 g/mol. The Kier molecular flexibility index (Phi) is 3.94. The number of nitrogens with zero attached hydrogens (tertiary/aromatic N) is 2. The number of nitrogens with one attached hydrogen (secondary N) is 2. The summed E-state index contributed by atoms with van der Waals surface area (Å²) in [5, 5.41) is 17.1. The van der Waals surface area contributed by atoms with Gasteiger partial charge in [0.25, 0.3) is 11.6 Å². The summed E-state index contributed by atoms with van der Waals surface area (Å²) >= 11 is 5.75. The predicted molar refractivity (Wildman–Crippen MR) is 71.5 cm³/mol. The first kappa shape index (κ1) is 13.9. The van der Waals surface area contributed by atoms with E-state index >= 15 is 0 Å². The van der Waals surface area contributed by atoms with Crippen molar-refractivity contribution in [3.05, 3.63) is 33.3 Å². The van der Waals surface area contributed by atoms with E-state index in [0.29, 0.717) is 0 Å². The van der Waals surface area contributed by atoms with Gasteiger partial charge in [0.2, 0.25) is 5.91 Å². The summed E-state index contributed by atoms with van der Waals surface area (Å²) < 4.78 is 0. The van der Waals surface area contributed by atoms with Gasteiger partial charge in [-0.05, 0) is 12.1 Å². The lowest BCUT2D eigenvalue weighted by molar-refractivity contribution is -0.383. The first-order valence-corrected chi connectivity index (χ1v) is 5.96. The van der Waals surface area contributed by atoms with Crippen molar-refractivity contribution in [1.29, 1.82) is 0 Å². The Morgan fingerprint density at radius 3 is 2.80 bits per heavy atom. The van der Waals surface area contributed by atoms with Crippen molar-refractivity contribution in [2.24, 2.45) is 5.10 Å². The Morgan fingerprint density at radius 2 is 2.20 bits per heavy atom. The van der Waals surface area contributed by atoms with Crippen molar-refractivity contribution in [3.8, 4) is 0 Å². The summed E-state index contributed by atoms with van der Waals surface area (Å²) in [6.07, 6.45) is 0.315. The highest BCUT2D eigenvalue weighted by atomic mass is 35.5. The van der Waals surface area contributed by atoms with Crippen LogP contribution in [0.5, 0.6) is 0 Å². The molecular formula is C11H9ClN4O4. The monoisotopic (exact) mass is 296 g/mol. The summed E-state index contributed by atoms with van der Waals surface area (Å²) in [6.45, 7) is 0. The largest absolute Gasteiger partial charge is 0.315 e. The number of nitro benzene ring substituents is 1. The number of amides is 2. The first-order chi connectivity index (χ1) is 9.47. The van der Waals surface area contributed by atoms with E-state index in [0.717, 1.165) is 0 Å². The van der Waals surface area contributed by atoms with Crippen LogP contribution in [0.1, 0.15) is 12.8 Å². The van der Waals surface area contributed by atoms with Gasteiger partial charge in [0.15, 0.2) is 0 Å². The summed E-state index contributed by atoms with van der Waals surface area (Å²) in [5.74, 6) is -0.898. The zero-order valence-electron chi connectivity index (χ0n) is 10.1. The third-order valence-electron chi connectivity index (χ3n) is 2.57. The molecule has 2 amide bonds. The highest BCUT2D eigenvalue weighted by Gasteiger charge is 2.22. The van der Waals surface area contributed by atoms with Crippen molar-refractivity contribution in [2.45, 2.75) is 12.8 Å². The third kappa shape index (κ3) is 3.09. The molecule has 1 aliphatic heterocycles. The fourth-order valence-corrected chi connectivity index (χ4v) is 1.77. The van der Waals surface area contributed by atoms with Gasteiger partial charge in [-0.3, -0.25) is 19.7 Å². The minimum Gasteiger partial charge on any atom is -0.315 e. The molecule has 0 aliphatic carbocycles. The molecule has 0 spiro atoms. The lowest BCUT2D eigenvalue weighted by Gasteiger charge is -2.12. The molecule has 1 heterocycles. The number of hydrazone groups is 1. The van der Waals surface area contributed by atoms with Gasteiger partial charge in [-0.2, -0.15) is 5.10 Å². The van der Waals surface area contributed by atoms with Crippen molar-refractivity contribution in [2.75, 3.05) is 5.32 Å². The van der Waals surface area contributed by atoms with E-state index in [4.69, 9.17) is 11.6 Å². The van der Waals surface area contributed by atoms with E-state index in [1.807, 2.05) is 0 Å². The second-order valence-corrected chi connectivity index (χ2v) is 4.40. The summed E-state index contributed by atoms with van der Waals surface area (Å²) in [6, 6.07) is 3.83. The molecule has 1 aromatic carbocycles. The molecule has 0 unspecified atom stereocenters. The van der Waals surface area contributed by atoms with Crippen LogP contribution >= 0.6 is 11.6 Å². The van der Waals surface area contributed by atoms with Gasteiger partial charge < -0.3 is 5.32 Å². The zero-order valence-corrected chi connectivity index (χ0v) is 10.8. The van der Waals surface area contributed by atoms with E-state index in [-0.39, 0.29) is 40.9 Å². The molecule has 2 N–H and O–H groups in total. The molecule has 8 nitrogen and oxygen atoms in total. The van der Waals surface area contributed by atoms with E-state index in [9.17, 15) is 19.7 Å². The maximum Gasteiger partial charge on any atom is 0.292 e. The number of carbonyl (C=O) groups is 2. The second kappa shape index (κ2) is 5.66. The van der Waals surface area contributed by atoms with Crippen molar-refractivity contribution < 1.29 is 14.5 Å². The zero-order chi connectivity index (χ0) is 14.7. The average Bonchev–Trinajstić information content (AvgIpc) is 2.39. The van der Waals surface area contributed by atoms with Gasteiger partial charge in [-0.1, -0.05) is 11.6 Å². The lowest BCUT2D eigenvalue weighted by atomic mass is 10.1. The smallest absolute Gasteiger partial charge is 0.292 e. The number of rotatable bonds is 3. The number of halogens is 1. The molecule has 0 fully saturated rings. The highest BCUT2D eigenvalue weighted by Crippen LogP contribution is 2.27. The van der Waals surface area contributed by atoms with E-state index < -0.39 is 10.8 Å². The normalized spacial score (nSPS) is 14.2. The number of hydrogen-bond acceptors (Lipinski definition) is 5. The molecule has 0 aromatic heterocycles. The molecule has 0 saturated heterocycles. The standard InChI is InChI=1S/C11H9ClN4O4/c12-6-1-3-9(16(19)20)8(5-6)13-11(18)7-2-4-10(17)15-14-7/h1,3,5H,2,4H2,(H,13,18)(H,15,17). The third-order valence-corrected chi connectivity index (χ3v) is 2.81. The Hall–Kier alpha value is -2.48. The van der Waals surface area contributed by atoms with Crippen LogP contribution in [0.25, 0.3) is 0 Å². The van der Waals surface area contributed by atoms with Crippen LogP contribution in [0.3, 0.4) is 0 Å². The van der Waals surface area contributed by atoms with Crippen molar-refractivity contribution >= 4 is 40.5 Å². The van der Waals surface area contributed by atoms with Gasteiger partial charge in [-0.15, -0.1) is 0 Å². The Balaban J connectivity index is 2.21. The molecule has 1 aliphatic rings. The lowest BCUT2D eigenvalue weighted by Crippen LogP contribution is -2.32. The maximum atomic E-state index is 11.9. The average molecular weight is 297 g/mol. The summed E-state index contributed by atoms with van der Waals surface area (Å²) in [7, 11) is 0. The first-order valence-electron chi connectivity index (χ1n) is 5.58. The minimum absolute atomic E-state index is 0.0212. The molecule has 9 heteroatoms. The van der Waals surface area contributed by atoms with Gasteiger partial charge >= 0.3 is 0 Å². The molecule has 20 heavy (non-hydrogen) atoms. The number of benzene rings is 1. The number of nitro groups is 1. The van der Waals surface area contributed by atoms with Crippen LogP contribution in [0.15, 0.2) is 23.3 Å². The van der Waals surface area contributed by atoms with E-state index in [1.54, 1.807) is 0 Å². The molecule has 0 bridgehead atoms. The van der Waals surface area contributed by atoms with Crippen LogP contribution in [-0.2, 0) is 9.59 Å². The van der Waals surface area contributed by atoms with Crippen LogP contribution in [0.4, 0.5) is 11.4 Å². The Bertz CT molecular complexity index is 629. The molecule has 2 rings (SSSR count). The van der Waals surface area contributed by atoms with E-state index in [2.05, 4.69) is 15.8 Å². The molecule has 1 aromatic rings. The second-order valence-electron chi connectivity index (χ2n) is 3.97. The molecule has 0 saturated carbocycles. The topological polar surface area (TPSA) is 114 Å². The number of anilines is 1. The number of carbonyl (C=O) groups excluding carboxylic acids is 2. The fraction of sp³-hybridized carbons (Fsp3) is 0.182. The molecule has 104 valence electrons. The van der Waals surface area contributed by atoms with Crippen LogP contribution in [-0.4, -0.2) is 22.4 Å². The highest BCUT2D eigenvalue weighted by molar-refractivity contribution is 6.44. The van der Waals surface area contributed by atoms with Crippen LogP contribution in [0, 0.1) is 10.1 Å². The quantitative estimate of drug-likeness (QED) is 0.649. The molecule has 0 radical (unpaired) electrons. The van der Waals surface area contributed by atoms with Crippen molar-refractivity contribution in [1.82, 2.24) is 5.43 Å². The predicted octanol–water partition coefficient (Wildman–Crippen LogP) is 1.45. The summed E-state index contributed by atoms with van der Waals surface area (Å²) in [5.41, 5.74) is 1.98. The SMILES string of the molecule is O=C1CCC(C(=O)Nc2cc(Cl)ccc2[N+](=O)[O-])=NN1. The Labute approximate surface area is 117 Å². The number of hydrogen-bond donors (Lipinski definition) is 2. The van der Waals surface area contributed by atoms with E-state index in [1.165, 1.54) is 18.2 Å². The van der Waals surface area contributed by atoms with Gasteiger partial charge in [0, 0.05) is 23.9 Å². The van der Waals surface area contributed by atoms with Gasteiger partial charge in [-0.25, -0.2) is 5.43 Å². The Morgan fingerprint density at radius 1 is 1.45 bits per heavy atom. The molecule has 0 atom stereocenters. The van der Waals surface area contributed by atoms with Gasteiger partial charge in [0.1, 0.15) is 11.4 Å². The van der Waals surface area contributed by atoms with Gasteiger partial charge in [0.05, 0.1) is 4.92 Å².